The van der Waals surface area contributed by atoms with E-state index in [4.69, 9.17) is 5.73 Å². The molecule has 2 amide bonds. The minimum absolute atomic E-state index is 0.0759. The number of piperidine rings is 1. The Morgan fingerprint density at radius 3 is 2.61 bits per heavy atom. The minimum Gasteiger partial charge on any atom is -0.374 e. The molecule has 1 fully saturated rings. The van der Waals surface area contributed by atoms with E-state index >= 15 is 0 Å². The predicted molar refractivity (Wildman–Crippen MR) is 127 cm³/mol. The van der Waals surface area contributed by atoms with E-state index in [0.717, 1.165) is 47.6 Å². The lowest BCUT2D eigenvalue weighted by atomic mass is 10.0. The van der Waals surface area contributed by atoms with Crippen LogP contribution >= 0.6 is 0 Å². The van der Waals surface area contributed by atoms with Gasteiger partial charge in [0.05, 0.1) is 0 Å². The molecule has 2 aromatic rings. The lowest BCUT2D eigenvalue weighted by Crippen LogP contribution is -2.36. The summed E-state index contributed by atoms with van der Waals surface area (Å²) >= 11 is 0. The highest BCUT2D eigenvalue weighted by Gasteiger charge is 2.23. The Morgan fingerprint density at radius 1 is 1.13 bits per heavy atom. The Hall–Kier alpha value is -2.86. The fourth-order valence-electron chi connectivity index (χ4n) is 4.02. The average Bonchev–Trinajstić information content (AvgIpc) is 2.74. The summed E-state index contributed by atoms with van der Waals surface area (Å²) in [6, 6.07) is 13.2. The van der Waals surface area contributed by atoms with Crippen LogP contribution in [0.1, 0.15) is 50.7 Å². The Bertz CT molecular complexity index is 925. The lowest BCUT2D eigenvalue weighted by molar-refractivity contribution is -0.119. The number of nitrogens with two attached hydrogens (primary N) is 1. The van der Waals surface area contributed by atoms with E-state index in [2.05, 4.69) is 24.5 Å². The molecule has 0 aliphatic carbocycles. The minimum atomic E-state index is -0.364. The molecule has 3 rings (SSSR count). The van der Waals surface area contributed by atoms with E-state index < -0.39 is 0 Å². The summed E-state index contributed by atoms with van der Waals surface area (Å²) in [5.41, 5.74) is 10.3. The molecule has 1 aliphatic heterocycles. The summed E-state index contributed by atoms with van der Waals surface area (Å²) in [5.74, 6) is 0.454. The van der Waals surface area contributed by atoms with Gasteiger partial charge in [-0.05, 0) is 73.6 Å². The highest BCUT2D eigenvalue weighted by molar-refractivity contribution is 5.98. The maximum atomic E-state index is 13.1. The van der Waals surface area contributed by atoms with Crippen molar-refractivity contribution in [2.45, 2.75) is 59.0 Å². The van der Waals surface area contributed by atoms with Crippen molar-refractivity contribution >= 4 is 28.9 Å². The van der Waals surface area contributed by atoms with Gasteiger partial charge in [-0.1, -0.05) is 26.0 Å². The third-order valence-corrected chi connectivity index (χ3v) is 5.61. The first kappa shape index (κ1) is 22.8. The van der Waals surface area contributed by atoms with Crippen molar-refractivity contribution < 1.29 is 9.59 Å². The monoisotopic (exact) mass is 422 g/mol. The molecule has 0 unspecified atom stereocenters. The Labute approximate surface area is 185 Å². The molecular weight excluding hydrogens is 388 g/mol. The van der Waals surface area contributed by atoms with Crippen LogP contribution in [0.25, 0.3) is 0 Å². The van der Waals surface area contributed by atoms with Crippen molar-refractivity contribution in [2.24, 2.45) is 11.7 Å². The molecule has 31 heavy (non-hydrogen) atoms. The number of carbonyl (C=O) groups is 2. The van der Waals surface area contributed by atoms with Crippen LogP contribution in [0, 0.1) is 12.8 Å². The van der Waals surface area contributed by atoms with E-state index in [1.54, 1.807) is 0 Å². The lowest BCUT2D eigenvalue weighted by Gasteiger charge is -2.28. The average molecular weight is 423 g/mol. The first-order chi connectivity index (χ1) is 14.9. The zero-order chi connectivity index (χ0) is 22.4. The van der Waals surface area contributed by atoms with Gasteiger partial charge in [0.15, 0.2) is 0 Å². The summed E-state index contributed by atoms with van der Waals surface area (Å²) in [7, 11) is 0. The SMILES string of the molecule is Cc1cc(NC(=O)[C@@H](CC(C)C)Nc2cccc(CN)c2)ccc1N1CCCCC1=O. The van der Waals surface area contributed by atoms with Gasteiger partial charge in [0.1, 0.15) is 6.04 Å². The van der Waals surface area contributed by atoms with Gasteiger partial charge in [-0.2, -0.15) is 0 Å². The molecule has 2 aromatic carbocycles. The van der Waals surface area contributed by atoms with Crippen LogP contribution in [0.2, 0.25) is 0 Å². The van der Waals surface area contributed by atoms with Crippen molar-refractivity contribution in [3.8, 4) is 0 Å². The van der Waals surface area contributed by atoms with Crippen LogP contribution in [0.4, 0.5) is 17.1 Å². The van der Waals surface area contributed by atoms with Crippen molar-refractivity contribution in [3.63, 3.8) is 0 Å². The molecule has 0 bridgehead atoms. The van der Waals surface area contributed by atoms with Gasteiger partial charge in [-0.15, -0.1) is 0 Å². The van der Waals surface area contributed by atoms with Gasteiger partial charge in [-0.3, -0.25) is 9.59 Å². The fourth-order valence-corrected chi connectivity index (χ4v) is 4.02. The van der Waals surface area contributed by atoms with Crippen LogP contribution in [-0.4, -0.2) is 24.4 Å². The Morgan fingerprint density at radius 2 is 1.94 bits per heavy atom. The third-order valence-electron chi connectivity index (χ3n) is 5.61. The van der Waals surface area contributed by atoms with Crippen molar-refractivity contribution in [3.05, 3.63) is 53.6 Å². The summed E-state index contributed by atoms with van der Waals surface area (Å²) in [6.07, 6.45) is 3.29. The molecule has 6 heteroatoms. The molecule has 1 atom stereocenters. The summed E-state index contributed by atoms with van der Waals surface area (Å²) in [4.78, 5) is 27.2. The molecule has 1 saturated heterocycles. The highest BCUT2D eigenvalue weighted by atomic mass is 16.2. The first-order valence-corrected chi connectivity index (χ1v) is 11.1. The summed E-state index contributed by atoms with van der Waals surface area (Å²) < 4.78 is 0. The number of amides is 2. The Kier molecular flexibility index (Phi) is 7.69. The third kappa shape index (κ3) is 6.07. The van der Waals surface area contributed by atoms with Gasteiger partial charge < -0.3 is 21.3 Å². The smallest absolute Gasteiger partial charge is 0.246 e. The van der Waals surface area contributed by atoms with E-state index in [1.807, 2.05) is 54.3 Å². The van der Waals surface area contributed by atoms with Crippen LogP contribution < -0.4 is 21.3 Å². The van der Waals surface area contributed by atoms with Crippen LogP contribution in [0.15, 0.2) is 42.5 Å². The van der Waals surface area contributed by atoms with Crippen molar-refractivity contribution in [1.82, 2.24) is 0 Å². The normalized spacial score (nSPS) is 15.1. The molecule has 0 radical (unpaired) electrons. The number of carbonyl (C=O) groups excluding carboxylic acids is 2. The zero-order valence-electron chi connectivity index (χ0n) is 18.8. The maximum absolute atomic E-state index is 13.1. The second kappa shape index (κ2) is 10.4. The molecule has 6 nitrogen and oxygen atoms in total. The maximum Gasteiger partial charge on any atom is 0.246 e. The number of hydrogen-bond acceptors (Lipinski definition) is 4. The van der Waals surface area contributed by atoms with Gasteiger partial charge in [0.25, 0.3) is 0 Å². The van der Waals surface area contributed by atoms with E-state index in [9.17, 15) is 9.59 Å². The second-order valence-corrected chi connectivity index (χ2v) is 8.72. The number of benzene rings is 2. The fraction of sp³-hybridized carbons (Fsp3) is 0.440. The highest BCUT2D eigenvalue weighted by Crippen LogP contribution is 2.27. The summed E-state index contributed by atoms with van der Waals surface area (Å²) in [5, 5.41) is 6.42. The van der Waals surface area contributed by atoms with Gasteiger partial charge in [0.2, 0.25) is 11.8 Å². The second-order valence-electron chi connectivity index (χ2n) is 8.72. The number of hydrogen-bond donors (Lipinski definition) is 3. The standard InChI is InChI=1S/C25H34N4O2/c1-17(2)13-22(27-20-8-6-7-19(15-20)16-26)25(31)28-21-10-11-23(18(3)14-21)29-12-5-4-9-24(29)30/h6-8,10-11,14-15,17,22,27H,4-5,9,12-13,16,26H2,1-3H3,(H,28,31)/t22-/m1/s1. The first-order valence-electron chi connectivity index (χ1n) is 11.1. The molecule has 0 aromatic heterocycles. The predicted octanol–water partition coefficient (Wildman–Crippen LogP) is 4.44. The van der Waals surface area contributed by atoms with Crippen LogP contribution in [-0.2, 0) is 16.1 Å². The molecule has 166 valence electrons. The number of nitrogens with zero attached hydrogens (tertiary/aromatic N) is 1. The topological polar surface area (TPSA) is 87.5 Å². The van der Waals surface area contributed by atoms with E-state index in [1.165, 1.54) is 0 Å². The number of rotatable bonds is 8. The molecule has 0 spiro atoms. The Balaban J connectivity index is 1.73. The van der Waals surface area contributed by atoms with Gasteiger partial charge in [0, 0.05) is 36.6 Å². The number of nitrogens with one attached hydrogen (secondary N) is 2. The van der Waals surface area contributed by atoms with Crippen LogP contribution in [0.5, 0.6) is 0 Å². The van der Waals surface area contributed by atoms with E-state index in [-0.39, 0.29) is 17.9 Å². The van der Waals surface area contributed by atoms with Crippen molar-refractivity contribution in [2.75, 3.05) is 22.1 Å². The van der Waals surface area contributed by atoms with Gasteiger partial charge in [-0.25, -0.2) is 0 Å². The molecule has 1 heterocycles. The number of aryl methyl sites for hydroxylation is 1. The zero-order valence-corrected chi connectivity index (χ0v) is 18.8. The molecule has 1 aliphatic rings. The van der Waals surface area contributed by atoms with E-state index in [0.29, 0.717) is 25.3 Å². The largest absolute Gasteiger partial charge is 0.374 e. The summed E-state index contributed by atoms with van der Waals surface area (Å²) in [6.45, 7) is 7.41. The van der Waals surface area contributed by atoms with Crippen molar-refractivity contribution in [1.29, 1.82) is 0 Å². The quantitative estimate of drug-likeness (QED) is 0.587. The molecule has 0 saturated carbocycles. The van der Waals surface area contributed by atoms with Gasteiger partial charge >= 0.3 is 0 Å². The molecule has 4 N–H and O–H groups in total. The number of anilines is 3. The van der Waals surface area contributed by atoms with Crippen LogP contribution in [0.3, 0.4) is 0 Å². The molecular formula is C25H34N4O2.